The molecule has 0 aromatic carbocycles. The predicted octanol–water partition coefficient (Wildman–Crippen LogP) is -0.570. The molecule has 0 spiro atoms. The van der Waals surface area contributed by atoms with Gasteiger partial charge < -0.3 is 15.7 Å². The molecule has 0 bridgehead atoms. The average molecular weight is 292 g/mol. The van der Waals surface area contributed by atoms with E-state index in [0.29, 0.717) is 13.0 Å². The number of hydrogen-bond donors (Lipinski definition) is 3. The fourth-order valence-electron chi connectivity index (χ4n) is 2.21. The Morgan fingerprint density at radius 3 is 2.79 bits per heavy atom. The monoisotopic (exact) mass is 292 g/mol. The first-order valence-electron chi connectivity index (χ1n) is 6.67. The standard InChI is InChI=1S/C12H24N2O4S/c1-3-4-12(2,16)9-14-11(15)7-10-8-19(17,18)6-5-13-10/h10,13,16H,3-9H2,1-2H3,(H,14,15). The first kappa shape index (κ1) is 16.4. The molecule has 3 N–H and O–H groups in total. The van der Waals surface area contributed by atoms with E-state index in [2.05, 4.69) is 10.6 Å². The lowest BCUT2D eigenvalue weighted by atomic mass is 10.0. The molecule has 1 fully saturated rings. The van der Waals surface area contributed by atoms with Crippen molar-refractivity contribution in [2.45, 2.75) is 44.8 Å². The van der Waals surface area contributed by atoms with Gasteiger partial charge in [-0.25, -0.2) is 8.42 Å². The zero-order valence-corrected chi connectivity index (χ0v) is 12.4. The highest BCUT2D eigenvalue weighted by Gasteiger charge is 2.27. The number of nitrogens with one attached hydrogen (secondary N) is 2. The second-order valence-corrected chi connectivity index (χ2v) is 7.72. The Bertz CT molecular complexity index is 406. The highest BCUT2D eigenvalue weighted by atomic mass is 32.2. The zero-order valence-electron chi connectivity index (χ0n) is 11.6. The number of carbonyl (C=O) groups is 1. The highest BCUT2D eigenvalue weighted by Crippen LogP contribution is 2.10. The first-order chi connectivity index (χ1) is 8.74. The summed E-state index contributed by atoms with van der Waals surface area (Å²) < 4.78 is 22.9. The van der Waals surface area contributed by atoms with E-state index in [4.69, 9.17) is 0 Å². The lowest BCUT2D eigenvalue weighted by Gasteiger charge is -2.25. The maximum atomic E-state index is 11.7. The van der Waals surface area contributed by atoms with Crippen molar-refractivity contribution in [3.05, 3.63) is 0 Å². The van der Waals surface area contributed by atoms with Gasteiger partial charge in [0.1, 0.15) is 0 Å². The molecule has 1 heterocycles. The first-order valence-corrected chi connectivity index (χ1v) is 8.49. The van der Waals surface area contributed by atoms with Gasteiger partial charge in [0.2, 0.25) is 5.91 Å². The maximum absolute atomic E-state index is 11.7. The van der Waals surface area contributed by atoms with Gasteiger partial charge in [0.15, 0.2) is 9.84 Å². The Morgan fingerprint density at radius 1 is 1.53 bits per heavy atom. The summed E-state index contributed by atoms with van der Waals surface area (Å²) >= 11 is 0. The fourth-order valence-corrected chi connectivity index (χ4v) is 3.65. The molecule has 1 amide bonds. The van der Waals surface area contributed by atoms with Crippen LogP contribution in [0.15, 0.2) is 0 Å². The number of sulfone groups is 1. The minimum atomic E-state index is -3.02. The van der Waals surface area contributed by atoms with Crippen molar-refractivity contribution < 1.29 is 18.3 Å². The Kier molecular flexibility index (Phi) is 5.76. The smallest absolute Gasteiger partial charge is 0.221 e. The van der Waals surface area contributed by atoms with Crippen LogP contribution in [0.3, 0.4) is 0 Å². The SMILES string of the molecule is CCCC(C)(O)CNC(=O)CC1CS(=O)(=O)CCN1. The molecule has 1 aliphatic rings. The summed E-state index contributed by atoms with van der Waals surface area (Å²) in [5, 5.41) is 15.6. The van der Waals surface area contributed by atoms with Crippen molar-refractivity contribution in [3.8, 4) is 0 Å². The largest absolute Gasteiger partial charge is 0.388 e. The molecule has 1 saturated heterocycles. The van der Waals surface area contributed by atoms with Crippen molar-refractivity contribution in [2.24, 2.45) is 0 Å². The average Bonchev–Trinajstić information content (AvgIpc) is 2.25. The molecule has 6 nitrogen and oxygen atoms in total. The van der Waals surface area contributed by atoms with Gasteiger partial charge in [0.25, 0.3) is 0 Å². The minimum Gasteiger partial charge on any atom is -0.388 e. The van der Waals surface area contributed by atoms with Gasteiger partial charge in [0.05, 0.1) is 17.1 Å². The van der Waals surface area contributed by atoms with Crippen LogP contribution in [0.25, 0.3) is 0 Å². The molecule has 2 atom stereocenters. The van der Waals surface area contributed by atoms with E-state index in [1.807, 2.05) is 6.92 Å². The molecular formula is C12H24N2O4S. The summed E-state index contributed by atoms with van der Waals surface area (Å²) in [6.45, 7) is 4.24. The Hall–Kier alpha value is -0.660. The van der Waals surface area contributed by atoms with Crippen LogP contribution in [0.4, 0.5) is 0 Å². The maximum Gasteiger partial charge on any atom is 0.221 e. The molecule has 0 saturated carbocycles. The van der Waals surface area contributed by atoms with Crippen molar-refractivity contribution >= 4 is 15.7 Å². The third-order valence-electron chi connectivity index (χ3n) is 3.19. The molecule has 19 heavy (non-hydrogen) atoms. The molecule has 1 rings (SSSR count). The van der Waals surface area contributed by atoms with Crippen LogP contribution >= 0.6 is 0 Å². The predicted molar refractivity (Wildman–Crippen MR) is 73.6 cm³/mol. The lowest BCUT2D eigenvalue weighted by Crippen LogP contribution is -2.48. The van der Waals surface area contributed by atoms with E-state index in [1.54, 1.807) is 6.92 Å². The van der Waals surface area contributed by atoms with Crippen LogP contribution in [0, 0.1) is 0 Å². The number of hydrogen-bond acceptors (Lipinski definition) is 5. The molecule has 1 aliphatic heterocycles. The normalized spacial score (nSPS) is 25.5. The summed E-state index contributed by atoms with van der Waals surface area (Å²) in [5.74, 6) is -0.0896. The number of aliphatic hydroxyl groups is 1. The van der Waals surface area contributed by atoms with Crippen LogP contribution in [-0.4, -0.2) is 55.7 Å². The zero-order chi connectivity index (χ0) is 14.5. The number of carbonyl (C=O) groups excluding carboxylic acids is 1. The van der Waals surface area contributed by atoms with Crippen LogP contribution < -0.4 is 10.6 Å². The minimum absolute atomic E-state index is 0.00573. The highest BCUT2D eigenvalue weighted by molar-refractivity contribution is 7.91. The van der Waals surface area contributed by atoms with E-state index >= 15 is 0 Å². The molecule has 0 aliphatic carbocycles. The van der Waals surface area contributed by atoms with E-state index in [1.165, 1.54) is 0 Å². The molecule has 7 heteroatoms. The van der Waals surface area contributed by atoms with E-state index in [0.717, 1.165) is 6.42 Å². The Labute approximate surface area is 114 Å². The number of rotatable bonds is 6. The number of amides is 1. The van der Waals surface area contributed by atoms with Crippen LogP contribution in [0.1, 0.15) is 33.1 Å². The topological polar surface area (TPSA) is 95.5 Å². The van der Waals surface area contributed by atoms with Gasteiger partial charge in [-0.15, -0.1) is 0 Å². The molecule has 0 radical (unpaired) electrons. The third-order valence-corrected chi connectivity index (χ3v) is 4.92. The van der Waals surface area contributed by atoms with Gasteiger partial charge in [0, 0.05) is 25.6 Å². The van der Waals surface area contributed by atoms with Gasteiger partial charge >= 0.3 is 0 Å². The quantitative estimate of drug-likeness (QED) is 0.609. The summed E-state index contributed by atoms with van der Waals surface area (Å²) in [7, 11) is -3.02. The lowest BCUT2D eigenvalue weighted by molar-refractivity contribution is -0.122. The van der Waals surface area contributed by atoms with Crippen molar-refractivity contribution in [1.29, 1.82) is 0 Å². The van der Waals surface area contributed by atoms with E-state index in [9.17, 15) is 18.3 Å². The molecule has 2 unspecified atom stereocenters. The molecule has 0 aromatic heterocycles. The van der Waals surface area contributed by atoms with Crippen molar-refractivity contribution in [3.63, 3.8) is 0 Å². The summed E-state index contributed by atoms with van der Waals surface area (Å²) in [4.78, 5) is 11.7. The molecule has 0 aromatic rings. The Morgan fingerprint density at radius 2 is 2.21 bits per heavy atom. The molecular weight excluding hydrogens is 268 g/mol. The van der Waals surface area contributed by atoms with Gasteiger partial charge in [-0.3, -0.25) is 4.79 Å². The van der Waals surface area contributed by atoms with Gasteiger partial charge in [-0.1, -0.05) is 13.3 Å². The van der Waals surface area contributed by atoms with Crippen LogP contribution in [0.2, 0.25) is 0 Å². The van der Waals surface area contributed by atoms with E-state index < -0.39 is 15.4 Å². The summed E-state index contributed by atoms with van der Waals surface area (Å²) in [6, 6.07) is -0.324. The van der Waals surface area contributed by atoms with Crippen molar-refractivity contribution in [1.82, 2.24) is 10.6 Å². The van der Waals surface area contributed by atoms with Crippen LogP contribution in [-0.2, 0) is 14.6 Å². The van der Waals surface area contributed by atoms with E-state index in [-0.39, 0.29) is 36.4 Å². The van der Waals surface area contributed by atoms with Gasteiger partial charge in [-0.05, 0) is 13.3 Å². The second-order valence-electron chi connectivity index (χ2n) is 5.49. The fraction of sp³-hybridized carbons (Fsp3) is 0.917. The Balaban J connectivity index is 2.35. The third kappa shape index (κ3) is 6.35. The van der Waals surface area contributed by atoms with Gasteiger partial charge in [-0.2, -0.15) is 0 Å². The summed E-state index contributed by atoms with van der Waals surface area (Å²) in [5.41, 5.74) is -0.906. The summed E-state index contributed by atoms with van der Waals surface area (Å²) in [6.07, 6.45) is 1.58. The van der Waals surface area contributed by atoms with Crippen LogP contribution in [0.5, 0.6) is 0 Å². The second kappa shape index (κ2) is 6.67. The van der Waals surface area contributed by atoms with Crippen molar-refractivity contribution in [2.75, 3.05) is 24.6 Å². The molecule has 112 valence electrons.